The van der Waals surface area contributed by atoms with Gasteiger partial charge in [0, 0.05) is 31.0 Å². The van der Waals surface area contributed by atoms with Gasteiger partial charge in [0.15, 0.2) is 0 Å². The van der Waals surface area contributed by atoms with E-state index in [1.807, 2.05) is 0 Å². The first-order valence-corrected chi connectivity index (χ1v) is 6.56. The summed E-state index contributed by atoms with van der Waals surface area (Å²) in [4.78, 5) is 28.4. The molecule has 1 aromatic heterocycles. The SMILES string of the molecule is CCCCCN(CCC(=O)O)C(=O)c1ccncc1. The summed E-state index contributed by atoms with van der Waals surface area (Å²) < 4.78 is 0. The van der Waals surface area contributed by atoms with Crippen LogP contribution < -0.4 is 0 Å². The number of hydrogen-bond donors (Lipinski definition) is 1. The maximum absolute atomic E-state index is 12.3. The van der Waals surface area contributed by atoms with Gasteiger partial charge < -0.3 is 10.0 Å². The van der Waals surface area contributed by atoms with Crippen molar-refractivity contribution in [3.05, 3.63) is 30.1 Å². The highest BCUT2D eigenvalue weighted by atomic mass is 16.4. The normalized spacial score (nSPS) is 10.2. The van der Waals surface area contributed by atoms with Crippen molar-refractivity contribution in [1.29, 1.82) is 0 Å². The van der Waals surface area contributed by atoms with Gasteiger partial charge in [-0.25, -0.2) is 0 Å². The Bertz CT molecular complexity index is 406. The lowest BCUT2D eigenvalue weighted by Gasteiger charge is -2.22. The van der Waals surface area contributed by atoms with Gasteiger partial charge in [-0.3, -0.25) is 14.6 Å². The molecule has 0 unspecified atom stereocenters. The van der Waals surface area contributed by atoms with E-state index in [0.717, 1.165) is 19.3 Å². The Morgan fingerprint density at radius 3 is 2.47 bits per heavy atom. The van der Waals surface area contributed by atoms with E-state index in [-0.39, 0.29) is 18.9 Å². The Morgan fingerprint density at radius 1 is 1.21 bits per heavy atom. The molecule has 1 heterocycles. The van der Waals surface area contributed by atoms with Gasteiger partial charge in [-0.05, 0) is 18.6 Å². The Labute approximate surface area is 113 Å². The average Bonchev–Trinajstić information content (AvgIpc) is 2.42. The number of amides is 1. The highest BCUT2D eigenvalue weighted by Gasteiger charge is 2.16. The Hall–Kier alpha value is -1.91. The van der Waals surface area contributed by atoms with Gasteiger partial charge in [0.25, 0.3) is 5.91 Å². The number of carbonyl (C=O) groups excluding carboxylic acids is 1. The molecule has 1 rings (SSSR count). The molecule has 5 heteroatoms. The minimum atomic E-state index is -0.886. The fourth-order valence-electron chi connectivity index (χ4n) is 1.78. The van der Waals surface area contributed by atoms with E-state index < -0.39 is 5.97 Å². The third-order valence-electron chi connectivity index (χ3n) is 2.84. The van der Waals surface area contributed by atoms with Crippen molar-refractivity contribution in [2.45, 2.75) is 32.6 Å². The molecule has 0 aliphatic heterocycles. The van der Waals surface area contributed by atoms with Gasteiger partial charge in [-0.2, -0.15) is 0 Å². The van der Waals surface area contributed by atoms with Crippen molar-refractivity contribution in [2.75, 3.05) is 13.1 Å². The van der Waals surface area contributed by atoms with E-state index in [1.165, 1.54) is 0 Å². The van der Waals surface area contributed by atoms with Crippen LogP contribution in [-0.2, 0) is 4.79 Å². The molecule has 1 amide bonds. The third kappa shape index (κ3) is 5.50. The van der Waals surface area contributed by atoms with E-state index in [1.54, 1.807) is 29.4 Å². The minimum Gasteiger partial charge on any atom is -0.481 e. The molecule has 104 valence electrons. The van der Waals surface area contributed by atoms with Crippen LogP contribution >= 0.6 is 0 Å². The predicted octanol–water partition coefficient (Wildman–Crippen LogP) is 2.19. The van der Waals surface area contributed by atoms with Crippen LogP contribution in [0.5, 0.6) is 0 Å². The molecule has 0 aliphatic rings. The summed E-state index contributed by atoms with van der Waals surface area (Å²) in [6, 6.07) is 3.30. The van der Waals surface area contributed by atoms with E-state index in [9.17, 15) is 9.59 Å². The molecule has 0 aromatic carbocycles. The van der Waals surface area contributed by atoms with Crippen LogP contribution in [0.2, 0.25) is 0 Å². The van der Waals surface area contributed by atoms with Crippen molar-refractivity contribution in [2.24, 2.45) is 0 Å². The topological polar surface area (TPSA) is 70.5 Å². The van der Waals surface area contributed by atoms with Crippen LogP contribution in [0.3, 0.4) is 0 Å². The van der Waals surface area contributed by atoms with Gasteiger partial charge in [0.1, 0.15) is 0 Å². The molecule has 0 aliphatic carbocycles. The van der Waals surface area contributed by atoms with Gasteiger partial charge in [-0.1, -0.05) is 19.8 Å². The summed E-state index contributed by atoms with van der Waals surface area (Å²) in [5.41, 5.74) is 0.553. The largest absolute Gasteiger partial charge is 0.481 e. The zero-order valence-electron chi connectivity index (χ0n) is 11.2. The number of nitrogens with zero attached hydrogens (tertiary/aromatic N) is 2. The maximum atomic E-state index is 12.3. The Morgan fingerprint density at radius 2 is 1.89 bits per heavy atom. The van der Waals surface area contributed by atoms with Crippen molar-refractivity contribution < 1.29 is 14.7 Å². The number of pyridine rings is 1. The second kappa shape index (κ2) is 8.24. The van der Waals surface area contributed by atoms with Gasteiger partial charge in [0.05, 0.1) is 6.42 Å². The van der Waals surface area contributed by atoms with Crippen LogP contribution in [0.1, 0.15) is 43.0 Å². The standard InChI is InChI=1S/C14H20N2O3/c1-2-3-4-10-16(11-7-13(17)18)14(19)12-5-8-15-9-6-12/h5-6,8-9H,2-4,7,10-11H2,1H3,(H,17,18). The van der Waals surface area contributed by atoms with E-state index >= 15 is 0 Å². The summed E-state index contributed by atoms with van der Waals surface area (Å²) in [6.07, 6.45) is 6.10. The minimum absolute atomic E-state index is 0.0249. The van der Waals surface area contributed by atoms with Gasteiger partial charge in [-0.15, -0.1) is 0 Å². The number of aliphatic carboxylic acids is 1. The number of hydrogen-bond acceptors (Lipinski definition) is 3. The summed E-state index contributed by atoms with van der Waals surface area (Å²) in [5.74, 6) is -1.01. The zero-order valence-corrected chi connectivity index (χ0v) is 11.2. The van der Waals surface area contributed by atoms with Crippen molar-refractivity contribution in [3.63, 3.8) is 0 Å². The molecule has 0 radical (unpaired) electrons. The number of carboxylic acid groups (broad SMARTS) is 1. The molecule has 0 saturated heterocycles. The van der Waals surface area contributed by atoms with Crippen molar-refractivity contribution in [1.82, 2.24) is 9.88 Å². The first-order valence-electron chi connectivity index (χ1n) is 6.56. The number of aromatic nitrogens is 1. The highest BCUT2D eigenvalue weighted by molar-refractivity contribution is 5.94. The monoisotopic (exact) mass is 264 g/mol. The Kier molecular flexibility index (Phi) is 6.57. The quantitative estimate of drug-likeness (QED) is 0.731. The predicted molar refractivity (Wildman–Crippen MR) is 71.9 cm³/mol. The van der Waals surface area contributed by atoms with Crippen LogP contribution in [0.15, 0.2) is 24.5 Å². The van der Waals surface area contributed by atoms with E-state index in [0.29, 0.717) is 12.1 Å². The highest BCUT2D eigenvalue weighted by Crippen LogP contribution is 2.07. The van der Waals surface area contributed by atoms with Gasteiger partial charge >= 0.3 is 5.97 Å². The lowest BCUT2D eigenvalue weighted by molar-refractivity contribution is -0.137. The third-order valence-corrected chi connectivity index (χ3v) is 2.84. The smallest absolute Gasteiger partial charge is 0.305 e. The molecule has 0 spiro atoms. The van der Waals surface area contributed by atoms with E-state index in [2.05, 4.69) is 11.9 Å². The second-order valence-electron chi connectivity index (χ2n) is 4.38. The molecular formula is C14H20N2O3. The molecule has 1 aromatic rings. The lowest BCUT2D eigenvalue weighted by Crippen LogP contribution is -2.34. The summed E-state index contributed by atoms with van der Waals surface area (Å²) in [7, 11) is 0. The fourth-order valence-corrected chi connectivity index (χ4v) is 1.78. The Balaban J connectivity index is 2.65. The summed E-state index contributed by atoms with van der Waals surface area (Å²) in [6.45, 7) is 2.94. The molecule has 1 N–H and O–H groups in total. The number of rotatable bonds is 8. The van der Waals surface area contributed by atoms with Crippen LogP contribution in [0.25, 0.3) is 0 Å². The molecule has 0 atom stereocenters. The van der Waals surface area contributed by atoms with Crippen LogP contribution in [0, 0.1) is 0 Å². The fraction of sp³-hybridized carbons (Fsp3) is 0.500. The van der Waals surface area contributed by atoms with Crippen LogP contribution in [0.4, 0.5) is 0 Å². The number of carboxylic acids is 1. The first-order chi connectivity index (χ1) is 9.15. The zero-order chi connectivity index (χ0) is 14.1. The lowest BCUT2D eigenvalue weighted by atomic mass is 10.2. The second-order valence-corrected chi connectivity index (χ2v) is 4.38. The average molecular weight is 264 g/mol. The number of unbranched alkanes of at least 4 members (excludes halogenated alkanes) is 2. The molecule has 0 bridgehead atoms. The number of carbonyl (C=O) groups is 2. The van der Waals surface area contributed by atoms with Crippen molar-refractivity contribution >= 4 is 11.9 Å². The summed E-state index contributed by atoms with van der Waals surface area (Å²) >= 11 is 0. The van der Waals surface area contributed by atoms with Crippen molar-refractivity contribution in [3.8, 4) is 0 Å². The molecule has 0 fully saturated rings. The maximum Gasteiger partial charge on any atom is 0.305 e. The molecule has 5 nitrogen and oxygen atoms in total. The first kappa shape index (κ1) is 15.1. The van der Waals surface area contributed by atoms with E-state index in [4.69, 9.17) is 5.11 Å². The van der Waals surface area contributed by atoms with Gasteiger partial charge in [0.2, 0.25) is 0 Å². The molecule has 0 saturated carbocycles. The summed E-state index contributed by atoms with van der Waals surface area (Å²) in [5, 5.41) is 8.74. The van der Waals surface area contributed by atoms with Crippen LogP contribution in [-0.4, -0.2) is 40.0 Å². The molecule has 19 heavy (non-hydrogen) atoms. The molecular weight excluding hydrogens is 244 g/mol.